The molecule has 4 heteroatoms. The van der Waals surface area contributed by atoms with Crippen LogP contribution in [0.25, 0.3) is 0 Å². The largest absolute Gasteiger partial charge is 0.111 e. The summed E-state index contributed by atoms with van der Waals surface area (Å²) >= 11 is 17.4. The Labute approximate surface area is 135 Å². The van der Waals surface area contributed by atoms with E-state index in [9.17, 15) is 0 Å². The molecule has 19 heavy (non-hydrogen) atoms. The van der Waals surface area contributed by atoms with Crippen LogP contribution in [-0.4, -0.2) is 0 Å². The molecule has 0 nitrogen and oxygen atoms in total. The molecule has 2 aromatic rings. The molecule has 1 heterocycles. The van der Waals surface area contributed by atoms with Crippen LogP contribution in [0.15, 0.2) is 24.3 Å². The summed E-state index contributed by atoms with van der Waals surface area (Å²) in [7, 11) is 0. The lowest BCUT2D eigenvalue weighted by Crippen LogP contribution is -2.04. The molecule has 100 valence electrons. The van der Waals surface area contributed by atoms with E-state index >= 15 is 0 Å². The highest BCUT2D eigenvalue weighted by Crippen LogP contribution is 2.42. The summed E-state index contributed by atoms with van der Waals surface area (Å²) in [6, 6.07) is 8.73. The quantitative estimate of drug-likeness (QED) is 0.531. The van der Waals surface area contributed by atoms with Gasteiger partial charge < -0.3 is 0 Å². The minimum Gasteiger partial charge on any atom is -0.111 e. The van der Waals surface area contributed by atoms with Gasteiger partial charge in [0.1, 0.15) is 0 Å². The predicted molar refractivity (Wildman–Crippen MR) is 88.2 cm³/mol. The first-order chi connectivity index (χ1) is 9.15. The monoisotopic (exact) mass is 374 g/mol. The zero-order chi connectivity index (χ0) is 13.4. The zero-order valence-electron chi connectivity index (χ0n) is 10.3. The predicted octanol–water partition coefficient (Wildman–Crippen LogP) is 6.42. The number of benzene rings is 1. The molecule has 1 unspecified atom stereocenters. The van der Waals surface area contributed by atoms with Crippen molar-refractivity contribution >= 4 is 50.5 Å². The van der Waals surface area contributed by atoms with E-state index in [0.717, 1.165) is 14.2 Å². The van der Waals surface area contributed by atoms with Crippen molar-refractivity contribution in [2.24, 2.45) is 0 Å². The fraction of sp³-hybridized carbons (Fsp3) is 0.333. The van der Waals surface area contributed by atoms with Crippen LogP contribution in [0.2, 0.25) is 8.67 Å². The second-order valence-corrected chi connectivity index (χ2v) is 8.08. The molecule has 0 spiro atoms. The van der Waals surface area contributed by atoms with Gasteiger partial charge in [-0.25, -0.2) is 0 Å². The normalized spacial score (nSPS) is 16.2. The van der Waals surface area contributed by atoms with Crippen molar-refractivity contribution < 1.29 is 0 Å². The maximum absolute atomic E-state index is 6.24. The van der Waals surface area contributed by atoms with Gasteiger partial charge in [0, 0.05) is 5.56 Å². The number of aryl methyl sites for hydroxylation is 2. The minimum atomic E-state index is 0.121. The average molecular weight is 376 g/mol. The summed E-state index contributed by atoms with van der Waals surface area (Å²) in [5, 5.41) is 0. The topological polar surface area (TPSA) is 0 Å². The lowest BCUT2D eigenvalue weighted by Gasteiger charge is -2.18. The summed E-state index contributed by atoms with van der Waals surface area (Å²) in [5.74, 6) is 0. The molecule has 0 radical (unpaired) electrons. The maximum atomic E-state index is 6.24. The number of thiophene rings is 1. The van der Waals surface area contributed by atoms with Crippen LogP contribution in [0.3, 0.4) is 0 Å². The smallest absolute Gasteiger partial charge is 0.0990 e. The van der Waals surface area contributed by atoms with Gasteiger partial charge in [0.2, 0.25) is 0 Å². The summed E-state index contributed by atoms with van der Waals surface area (Å²) < 4.78 is 1.51. The third-order valence-electron chi connectivity index (χ3n) is 3.62. The molecule has 0 saturated carbocycles. The van der Waals surface area contributed by atoms with Crippen LogP contribution in [0.5, 0.6) is 0 Å². The summed E-state index contributed by atoms with van der Waals surface area (Å²) in [4.78, 5) is 0.121. The van der Waals surface area contributed by atoms with Gasteiger partial charge in [0.15, 0.2) is 0 Å². The van der Waals surface area contributed by atoms with E-state index in [1.807, 2.05) is 6.07 Å². The molecule has 1 aromatic heterocycles. The molecule has 1 atom stereocenters. The fourth-order valence-corrected chi connectivity index (χ4v) is 5.08. The van der Waals surface area contributed by atoms with Gasteiger partial charge >= 0.3 is 0 Å². The Hall–Kier alpha value is -0.0200. The van der Waals surface area contributed by atoms with E-state index in [1.54, 1.807) is 0 Å². The van der Waals surface area contributed by atoms with Gasteiger partial charge in [0.25, 0.3) is 0 Å². The van der Waals surface area contributed by atoms with Gasteiger partial charge in [0.05, 0.1) is 13.5 Å². The van der Waals surface area contributed by atoms with Crippen molar-refractivity contribution in [1.29, 1.82) is 0 Å². The van der Waals surface area contributed by atoms with Gasteiger partial charge in [-0.15, -0.1) is 11.3 Å². The highest BCUT2D eigenvalue weighted by atomic mass is 79.9. The van der Waals surface area contributed by atoms with Gasteiger partial charge in [-0.05, 0) is 48.4 Å². The fourth-order valence-electron chi connectivity index (χ4n) is 2.62. The number of fused-ring (bicyclic) bond motifs is 1. The number of rotatable bonds is 2. The van der Waals surface area contributed by atoms with Crippen molar-refractivity contribution in [2.75, 3.05) is 0 Å². The maximum Gasteiger partial charge on any atom is 0.0990 e. The van der Waals surface area contributed by atoms with Crippen LogP contribution >= 0.6 is 50.5 Å². The minimum absolute atomic E-state index is 0.121. The number of hydrogen-bond acceptors (Lipinski definition) is 1. The van der Waals surface area contributed by atoms with Crippen LogP contribution in [0.1, 0.15) is 39.9 Å². The van der Waals surface area contributed by atoms with Crippen molar-refractivity contribution in [3.8, 4) is 0 Å². The third-order valence-corrected chi connectivity index (χ3v) is 6.16. The molecule has 0 N–H and O–H groups in total. The first kappa shape index (κ1) is 13.9. The highest BCUT2D eigenvalue weighted by Gasteiger charge is 2.18. The summed E-state index contributed by atoms with van der Waals surface area (Å²) in [6.45, 7) is 0. The van der Waals surface area contributed by atoms with Crippen LogP contribution in [-0.2, 0) is 12.8 Å². The Morgan fingerprint density at radius 2 is 1.79 bits per heavy atom. The van der Waals surface area contributed by atoms with E-state index in [4.69, 9.17) is 23.2 Å². The van der Waals surface area contributed by atoms with Gasteiger partial charge in [-0.3, -0.25) is 0 Å². The van der Waals surface area contributed by atoms with Crippen molar-refractivity contribution in [1.82, 2.24) is 0 Å². The van der Waals surface area contributed by atoms with E-state index in [-0.39, 0.29) is 4.83 Å². The van der Waals surface area contributed by atoms with Crippen LogP contribution < -0.4 is 0 Å². The van der Waals surface area contributed by atoms with Crippen molar-refractivity contribution in [3.63, 3.8) is 0 Å². The van der Waals surface area contributed by atoms with Crippen LogP contribution in [0.4, 0.5) is 0 Å². The lowest BCUT2D eigenvalue weighted by molar-refractivity contribution is 0.684. The Kier molecular flexibility index (Phi) is 4.23. The molecule has 3 rings (SSSR count). The Morgan fingerprint density at radius 1 is 1.05 bits per heavy atom. The molecule has 0 saturated heterocycles. The molecule has 0 fully saturated rings. The third kappa shape index (κ3) is 2.87. The number of halogens is 3. The first-order valence-corrected chi connectivity index (χ1v) is 8.84. The molecule has 0 amide bonds. The Balaban J connectivity index is 1.95. The average Bonchev–Trinajstić information content (AvgIpc) is 2.76. The standard InChI is InChI=1S/C15H13BrCl2S/c16-14(12-8-13(17)19-15(12)18)11-6-5-9-3-1-2-4-10(9)7-11/h5-8,14H,1-4H2. The summed E-state index contributed by atoms with van der Waals surface area (Å²) in [5.41, 5.74) is 5.32. The Bertz CT molecular complexity index is 606. The molecule has 0 aliphatic heterocycles. The molecular weight excluding hydrogens is 363 g/mol. The van der Waals surface area contributed by atoms with Crippen molar-refractivity contribution in [3.05, 3.63) is 55.2 Å². The Morgan fingerprint density at radius 3 is 2.47 bits per heavy atom. The SMILES string of the molecule is Clc1cc(C(Br)c2ccc3c(c2)CCCC3)c(Cl)s1. The molecule has 0 bridgehead atoms. The van der Waals surface area contributed by atoms with E-state index in [1.165, 1.54) is 53.7 Å². The van der Waals surface area contributed by atoms with E-state index < -0.39 is 0 Å². The number of hydrogen-bond donors (Lipinski definition) is 0. The summed E-state index contributed by atoms with van der Waals surface area (Å²) in [6.07, 6.45) is 5.03. The lowest BCUT2D eigenvalue weighted by atomic mass is 9.89. The van der Waals surface area contributed by atoms with E-state index in [2.05, 4.69) is 34.1 Å². The van der Waals surface area contributed by atoms with Gasteiger partial charge in [-0.2, -0.15) is 0 Å². The molecule has 1 aliphatic rings. The zero-order valence-corrected chi connectivity index (χ0v) is 14.2. The first-order valence-electron chi connectivity index (χ1n) is 6.35. The van der Waals surface area contributed by atoms with E-state index in [0.29, 0.717) is 0 Å². The second kappa shape index (κ2) is 5.77. The van der Waals surface area contributed by atoms with Gasteiger partial charge in [-0.1, -0.05) is 57.3 Å². The van der Waals surface area contributed by atoms with Crippen molar-refractivity contribution in [2.45, 2.75) is 30.5 Å². The second-order valence-electron chi connectivity index (χ2n) is 4.88. The molecular formula is C15H13BrCl2S. The highest BCUT2D eigenvalue weighted by molar-refractivity contribution is 9.09. The van der Waals surface area contributed by atoms with Crippen LogP contribution in [0, 0.1) is 0 Å². The molecule has 1 aliphatic carbocycles. The number of alkyl halides is 1. The molecule has 1 aromatic carbocycles.